The van der Waals surface area contributed by atoms with Crippen LogP contribution in [0.2, 0.25) is 0 Å². The van der Waals surface area contributed by atoms with Crippen molar-refractivity contribution in [3.63, 3.8) is 0 Å². The standard InChI is InChI=1S/C25H40O7/c1-9-23(5)17(30-14-28-7)11-12-24(6,31-15-29-8)19(23)20(26)25-13-10-16(2)18(21(27)32-25)22(25,3)4/h9,17-20,26H,1-2,10-15H2,3-8H3/t17?,18-,19-,20-,23+,24-,25+/m0/s1. The van der Waals surface area contributed by atoms with E-state index in [-0.39, 0.29) is 25.7 Å². The Labute approximate surface area is 192 Å². The molecule has 7 atom stereocenters. The summed E-state index contributed by atoms with van der Waals surface area (Å²) in [6.07, 6.45) is 3.06. The van der Waals surface area contributed by atoms with Crippen molar-refractivity contribution in [1.29, 1.82) is 0 Å². The molecule has 0 aromatic rings. The number of carbonyl (C=O) groups is 1. The number of aliphatic hydroxyl groups excluding tert-OH is 1. The van der Waals surface area contributed by atoms with E-state index in [1.165, 1.54) is 0 Å². The van der Waals surface area contributed by atoms with E-state index in [9.17, 15) is 9.90 Å². The van der Waals surface area contributed by atoms with Crippen LogP contribution in [0.1, 0.15) is 53.4 Å². The fraction of sp³-hybridized carbons (Fsp3) is 0.800. The average molecular weight is 453 g/mol. The Balaban J connectivity index is 2.11. The second-order valence-electron chi connectivity index (χ2n) is 10.6. The average Bonchev–Trinajstić information content (AvgIpc) is 2.84. The number of methoxy groups -OCH3 is 2. The number of rotatable bonds is 9. The van der Waals surface area contributed by atoms with E-state index in [1.807, 2.05) is 33.8 Å². The van der Waals surface area contributed by atoms with Crippen molar-refractivity contribution in [2.24, 2.45) is 22.7 Å². The number of aliphatic hydroxyl groups is 1. The summed E-state index contributed by atoms with van der Waals surface area (Å²) in [5, 5.41) is 12.2. The highest BCUT2D eigenvalue weighted by Gasteiger charge is 2.71. The molecule has 182 valence electrons. The molecule has 3 fully saturated rings. The number of ether oxygens (including phenoxy) is 5. The molecule has 0 aromatic carbocycles. The maximum absolute atomic E-state index is 12.9. The van der Waals surface area contributed by atoms with Crippen LogP contribution in [0.5, 0.6) is 0 Å². The fourth-order valence-electron chi connectivity index (χ4n) is 6.75. The van der Waals surface area contributed by atoms with Crippen molar-refractivity contribution < 1.29 is 33.6 Å². The van der Waals surface area contributed by atoms with Gasteiger partial charge in [-0.2, -0.15) is 0 Å². The summed E-state index contributed by atoms with van der Waals surface area (Å²) >= 11 is 0. The summed E-state index contributed by atoms with van der Waals surface area (Å²) in [7, 11) is 3.16. The van der Waals surface area contributed by atoms with E-state index in [4.69, 9.17) is 23.7 Å². The molecule has 2 aliphatic carbocycles. The van der Waals surface area contributed by atoms with Gasteiger partial charge >= 0.3 is 5.97 Å². The van der Waals surface area contributed by atoms with Crippen LogP contribution >= 0.6 is 0 Å². The zero-order valence-corrected chi connectivity index (χ0v) is 20.4. The van der Waals surface area contributed by atoms with E-state index in [2.05, 4.69) is 13.2 Å². The predicted octanol–water partition coefficient (Wildman–Crippen LogP) is 3.61. The Morgan fingerprint density at radius 1 is 1.19 bits per heavy atom. The van der Waals surface area contributed by atoms with Crippen LogP contribution in [0.15, 0.2) is 24.8 Å². The van der Waals surface area contributed by atoms with E-state index in [0.29, 0.717) is 25.7 Å². The number of fused-ring (bicyclic) bond motifs is 2. The molecule has 2 bridgehead atoms. The lowest BCUT2D eigenvalue weighted by atomic mass is 9.50. The van der Waals surface area contributed by atoms with Gasteiger partial charge in [0.1, 0.15) is 25.3 Å². The summed E-state index contributed by atoms with van der Waals surface area (Å²) in [6.45, 7) is 16.5. The van der Waals surface area contributed by atoms with Crippen LogP contribution in [0, 0.1) is 22.7 Å². The van der Waals surface area contributed by atoms with Crippen LogP contribution in [0.25, 0.3) is 0 Å². The molecular weight excluding hydrogens is 412 g/mol. The van der Waals surface area contributed by atoms with Crippen molar-refractivity contribution in [3.8, 4) is 0 Å². The third-order valence-electron chi connectivity index (χ3n) is 8.61. The number of hydrogen-bond acceptors (Lipinski definition) is 7. The van der Waals surface area contributed by atoms with Gasteiger partial charge in [0, 0.05) is 31.0 Å². The molecule has 2 saturated carbocycles. The Bertz CT molecular complexity index is 749. The molecule has 1 N–H and O–H groups in total. The lowest BCUT2D eigenvalue weighted by molar-refractivity contribution is -0.268. The Kier molecular flexibility index (Phi) is 7.01. The van der Waals surface area contributed by atoms with Gasteiger partial charge in [-0.25, -0.2) is 0 Å². The molecule has 0 spiro atoms. The van der Waals surface area contributed by atoms with E-state index >= 15 is 0 Å². The van der Waals surface area contributed by atoms with Gasteiger partial charge in [-0.3, -0.25) is 4.79 Å². The third-order valence-corrected chi connectivity index (χ3v) is 8.61. The van der Waals surface area contributed by atoms with Crippen molar-refractivity contribution in [2.75, 3.05) is 27.8 Å². The van der Waals surface area contributed by atoms with Gasteiger partial charge < -0.3 is 28.8 Å². The largest absolute Gasteiger partial charge is 0.455 e. The molecule has 7 nitrogen and oxygen atoms in total. The van der Waals surface area contributed by atoms with Gasteiger partial charge in [0.15, 0.2) is 0 Å². The third kappa shape index (κ3) is 3.57. The predicted molar refractivity (Wildman–Crippen MR) is 120 cm³/mol. The van der Waals surface area contributed by atoms with Crippen LogP contribution in [0.3, 0.4) is 0 Å². The maximum atomic E-state index is 12.9. The van der Waals surface area contributed by atoms with E-state index < -0.39 is 40.0 Å². The quantitative estimate of drug-likeness (QED) is 0.325. The highest BCUT2D eigenvalue weighted by molar-refractivity contribution is 5.81. The minimum Gasteiger partial charge on any atom is -0.455 e. The van der Waals surface area contributed by atoms with E-state index in [0.717, 1.165) is 5.57 Å². The summed E-state index contributed by atoms with van der Waals surface area (Å²) in [6, 6.07) is 0. The van der Waals surface area contributed by atoms with Crippen LogP contribution in [-0.2, 0) is 28.5 Å². The highest BCUT2D eigenvalue weighted by Crippen LogP contribution is 2.63. The fourth-order valence-corrected chi connectivity index (χ4v) is 6.75. The summed E-state index contributed by atoms with van der Waals surface area (Å²) < 4.78 is 28.8. The van der Waals surface area contributed by atoms with Crippen molar-refractivity contribution in [2.45, 2.75) is 76.8 Å². The first-order valence-corrected chi connectivity index (χ1v) is 11.4. The van der Waals surface area contributed by atoms with Crippen LogP contribution in [-0.4, -0.2) is 62.3 Å². The molecule has 1 heterocycles. The number of esters is 1. The lowest BCUT2D eigenvalue weighted by Crippen LogP contribution is -2.67. The zero-order chi connectivity index (χ0) is 23.9. The highest BCUT2D eigenvalue weighted by atomic mass is 16.7. The Morgan fingerprint density at radius 2 is 1.84 bits per heavy atom. The molecular formula is C25H40O7. The second-order valence-corrected chi connectivity index (χ2v) is 10.6. The number of carbonyl (C=O) groups excluding carboxylic acids is 1. The van der Waals surface area contributed by atoms with Crippen LogP contribution < -0.4 is 0 Å². The summed E-state index contributed by atoms with van der Waals surface area (Å²) in [5.74, 6) is -1.22. The SMILES string of the molecule is C=C[C@]1(C)C(OCOC)CC[C@](C)(OCOC)[C@H]1[C@H](O)[C@@]12CCC(=C)[C@@H](C(=O)O1)C2(C)C. The smallest absolute Gasteiger partial charge is 0.314 e. The van der Waals surface area contributed by atoms with Gasteiger partial charge in [-0.1, -0.05) is 39.0 Å². The van der Waals surface area contributed by atoms with E-state index in [1.54, 1.807) is 14.2 Å². The first-order chi connectivity index (χ1) is 14.9. The molecule has 0 amide bonds. The van der Waals surface area contributed by atoms with Gasteiger partial charge in [-0.15, -0.1) is 6.58 Å². The van der Waals surface area contributed by atoms with Gasteiger partial charge in [0.05, 0.1) is 17.6 Å². The van der Waals surface area contributed by atoms with Crippen molar-refractivity contribution in [1.82, 2.24) is 0 Å². The summed E-state index contributed by atoms with van der Waals surface area (Å²) in [5.41, 5.74) is -2.25. The molecule has 1 saturated heterocycles. The first-order valence-electron chi connectivity index (χ1n) is 11.4. The van der Waals surface area contributed by atoms with Gasteiger partial charge in [0.2, 0.25) is 0 Å². The Morgan fingerprint density at radius 3 is 2.44 bits per heavy atom. The topological polar surface area (TPSA) is 83.5 Å². The van der Waals surface area contributed by atoms with Crippen molar-refractivity contribution in [3.05, 3.63) is 24.8 Å². The molecule has 7 heteroatoms. The normalized spacial score (nSPS) is 41.9. The Hall–Kier alpha value is -1.25. The molecule has 3 rings (SSSR count). The molecule has 1 unspecified atom stereocenters. The first kappa shape index (κ1) is 25.4. The molecule has 0 aromatic heterocycles. The zero-order valence-electron chi connectivity index (χ0n) is 20.4. The minimum atomic E-state index is -1.06. The summed E-state index contributed by atoms with van der Waals surface area (Å²) in [4.78, 5) is 12.9. The minimum absolute atomic E-state index is 0.0894. The van der Waals surface area contributed by atoms with Gasteiger partial charge in [-0.05, 0) is 32.6 Å². The van der Waals surface area contributed by atoms with Crippen LogP contribution in [0.4, 0.5) is 0 Å². The number of hydrogen-bond donors (Lipinski definition) is 1. The van der Waals surface area contributed by atoms with Crippen molar-refractivity contribution >= 4 is 5.97 Å². The second kappa shape index (κ2) is 8.84. The molecule has 1 aliphatic heterocycles. The van der Waals surface area contributed by atoms with Gasteiger partial charge in [0.25, 0.3) is 0 Å². The maximum Gasteiger partial charge on any atom is 0.314 e. The molecule has 0 radical (unpaired) electrons. The molecule has 32 heavy (non-hydrogen) atoms. The molecule has 3 aliphatic rings. The monoisotopic (exact) mass is 452 g/mol. The lowest BCUT2D eigenvalue weighted by Gasteiger charge is -2.59.